The minimum Gasteiger partial charge on any atom is -0.398 e. The number of carbonyl (C=O) groups is 1. The van der Waals surface area contributed by atoms with Crippen molar-refractivity contribution in [3.8, 4) is 6.07 Å². The van der Waals surface area contributed by atoms with E-state index in [1.807, 2.05) is 6.07 Å². The van der Waals surface area contributed by atoms with E-state index in [0.717, 1.165) is 0 Å². The highest BCUT2D eigenvalue weighted by molar-refractivity contribution is 5.99. The molecule has 0 spiro atoms. The first kappa shape index (κ1) is 12.3. The Labute approximate surface area is 98.9 Å². The third kappa shape index (κ3) is 2.86. The molecule has 0 fully saturated rings. The second kappa shape index (κ2) is 5.38. The molecule has 0 unspecified atom stereocenters. The van der Waals surface area contributed by atoms with E-state index in [4.69, 9.17) is 23.3 Å². The van der Waals surface area contributed by atoms with Crippen LogP contribution in [0.2, 0.25) is 0 Å². The number of benzene rings is 1. The SMILES string of the molecule is [C-]#[N+]CN(CC#N)c1ccc(N)c(C(N)=O)c1. The standard InChI is InChI=1S/C11H11N5O/c1-15-7-16(5-4-12)8-2-3-10(13)9(6-8)11(14)17/h2-3,6H,5,7,13H2,(H2,14,17). The molecule has 0 aromatic heterocycles. The number of nitrogen functional groups attached to an aromatic ring is 1. The summed E-state index contributed by atoms with van der Waals surface area (Å²) in [6.07, 6.45) is 0. The number of amides is 1. The third-order valence-corrected chi connectivity index (χ3v) is 2.17. The first-order chi connectivity index (χ1) is 8.10. The number of nitriles is 1. The van der Waals surface area contributed by atoms with Crippen LogP contribution in [0, 0.1) is 17.9 Å². The average Bonchev–Trinajstić information content (AvgIpc) is 2.29. The highest BCUT2D eigenvalue weighted by Gasteiger charge is 2.12. The van der Waals surface area contributed by atoms with E-state index in [2.05, 4.69) is 4.85 Å². The Bertz CT molecular complexity index is 496. The van der Waals surface area contributed by atoms with Gasteiger partial charge >= 0.3 is 0 Å². The number of nitrogens with two attached hydrogens (primary N) is 2. The maximum Gasteiger partial charge on any atom is 0.290 e. The molecule has 86 valence electrons. The Balaban J connectivity index is 3.13. The van der Waals surface area contributed by atoms with Crippen LogP contribution in [0.15, 0.2) is 18.2 Å². The highest BCUT2D eigenvalue weighted by Crippen LogP contribution is 2.20. The molecular weight excluding hydrogens is 218 g/mol. The van der Waals surface area contributed by atoms with Crippen molar-refractivity contribution in [3.05, 3.63) is 35.2 Å². The van der Waals surface area contributed by atoms with Gasteiger partial charge in [-0.1, -0.05) is 0 Å². The second-order valence-corrected chi connectivity index (χ2v) is 3.29. The van der Waals surface area contributed by atoms with Crippen molar-refractivity contribution in [3.63, 3.8) is 0 Å². The lowest BCUT2D eigenvalue weighted by Gasteiger charge is -2.16. The Hall–Kier alpha value is -2.73. The molecule has 0 saturated carbocycles. The molecule has 6 heteroatoms. The van der Waals surface area contributed by atoms with Gasteiger partial charge in [0.2, 0.25) is 0 Å². The van der Waals surface area contributed by atoms with E-state index in [1.54, 1.807) is 6.07 Å². The Morgan fingerprint density at radius 1 is 1.59 bits per heavy atom. The Morgan fingerprint density at radius 2 is 2.29 bits per heavy atom. The molecule has 0 aliphatic heterocycles. The van der Waals surface area contributed by atoms with Crippen molar-refractivity contribution in [2.75, 3.05) is 23.8 Å². The van der Waals surface area contributed by atoms with Crippen LogP contribution in [0.5, 0.6) is 0 Å². The van der Waals surface area contributed by atoms with Crippen LogP contribution in [0.25, 0.3) is 4.85 Å². The number of nitrogens with zero attached hydrogens (tertiary/aromatic N) is 3. The summed E-state index contributed by atoms with van der Waals surface area (Å²) in [5.41, 5.74) is 11.8. The third-order valence-electron chi connectivity index (χ3n) is 2.17. The fourth-order valence-electron chi connectivity index (χ4n) is 1.35. The number of hydrogen-bond acceptors (Lipinski definition) is 4. The van der Waals surface area contributed by atoms with Gasteiger partial charge in [-0.3, -0.25) is 14.5 Å². The predicted molar refractivity (Wildman–Crippen MR) is 63.8 cm³/mol. The first-order valence-electron chi connectivity index (χ1n) is 4.74. The van der Waals surface area contributed by atoms with Crippen molar-refractivity contribution < 1.29 is 4.79 Å². The van der Waals surface area contributed by atoms with E-state index >= 15 is 0 Å². The predicted octanol–water partition coefficient (Wildman–Crippen LogP) is 0.574. The van der Waals surface area contributed by atoms with Gasteiger partial charge in [0.15, 0.2) is 0 Å². The zero-order valence-corrected chi connectivity index (χ0v) is 9.05. The van der Waals surface area contributed by atoms with E-state index in [1.165, 1.54) is 17.0 Å². The lowest BCUT2D eigenvalue weighted by Crippen LogP contribution is -2.23. The fraction of sp³-hybridized carbons (Fsp3) is 0.182. The normalized spacial score (nSPS) is 9.06. The molecule has 6 nitrogen and oxygen atoms in total. The Morgan fingerprint density at radius 3 is 2.82 bits per heavy atom. The van der Waals surface area contributed by atoms with Gasteiger partial charge in [-0.25, -0.2) is 6.57 Å². The molecule has 0 saturated heterocycles. The van der Waals surface area contributed by atoms with Crippen LogP contribution in [0.3, 0.4) is 0 Å². The van der Waals surface area contributed by atoms with Crippen molar-refractivity contribution >= 4 is 17.3 Å². The number of primary amides is 1. The van der Waals surface area contributed by atoms with Crippen molar-refractivity contribution in [2.24, 2.45) is 5.73 Å². The molecule has 4 N–H and O–H groups in total. The molecular formula is C11H11N5O. The van der Waals surface area contributed by atoms with Crippen molar-refractivity contribution in [1.29, 1.82) is 5.26 Å². The molecule has 1 aromatic carbocycles. The van der Waals surface area contributed by atoms with Crippen LogP contribution in [0.1, 0.15) is 10.4 Å². The minimum absolute atomic E-state index is 0.0374. The summed E-state index contributed by atoms with van der Waals surface area (Å²) in [5, 5.41) is 8.65. The molecule has 0 bridgehead atoms. The largest absolute Gasteiger partial charge is 0.398 e. The summed E-state index contributed by atoms with van der Waals surface area (Å²) in [4.78, 5) is 15.8. The summed E-state index contributed by atoms with van der Waals surface area (Å²) in [5.74, 6) is -0.635. The molecule has 0 atom stereocenters. The van der Waals surface area contributed by atoms with Gasteiger partial charge in [-0.05, 0) is 18.2 Å². The summed E-state index contributed by atoms with van der Waals surface area (Å²) >= 11 is 0. The van der Waals surface area contributed by atoms with Gasteiger partial charge in [0, 0.05) is 11.4 Å². The molecule has 0 heterocycles. The topological polar surface area (TPSA) is 100 Å². The molecule has 0 radical (unpaired) electrons. The molecule has 0 aliphatic carbocycles. The van der Waals surface area contributed by atoms with Gasteiger partial charge in [0.05, 0.1) is 11.6 Å². The van der Waals surface area contributed by atoms with Gasteiger partial charge in [0.1, 0.15) is 6.54 Å². The lowest BCUT2D eigenvalue weighted by molar-refractivity contribution is 0.100. The van der Waals surface area contributed by atoms with Crippen LogP contribution in [0.4, 0.5) is 11.4 Å². The fourth-order valence-corrected chi connectivity index (χ4v) is 1.35. The van der Waals surface area contributed by atoms with Crippen LogP contribution in [-0.2, 0) is 0 Å². The lowest BCUT2D eigenvalue weighted by atomic mass is 10.1. The van der Waals surface area contributed by atoms with Crippen LogP contribution in [-0.4, -0.2) is 19.1 Å². The van der Waals surface area contributed by atoms with E-state index < -0.39 is 5.91 Å². The molecule has 0 aliphatic rings. The maximum absolute atomic E-state index is 11.1. The maximum atomic E-state index is 11.1. The van der Waals surface area contributed by atoms with Crippen LogP contribution < -0.4 is 16.4 Å². The Kier molecular flexibility index (Phi) is 3.91. The van der Waals surface area contributed by atoms with Crippen molar-refractivity contribution in [1.82, 2.24) is 0 Å². The summed E-state index contributed by atoms with van der Waals surface area (Å²) < 4.78 is 0. The van der Waals surface area contributed by atoms with Crippen molar-refractivity contribution in [2.45, 2.75) is 0 Å². The van der Waals surface area contributed by atoms with Gasteiger partial charge in [0.25, 0.3) is 12.6 Å². The number of rotatable bonds is 4. The van der Waals surface area contributed by atoms with E-state index in [0.29, 0.717) is 5.69 Å². The van der Waals surface area contributed by atoms with Gasteiger partial charge < -0.3 is 11.5 Å². The minimum atomic E-state index is -0.635. The molecule has 1 amide bonds. The number of carbonyl (C=O) groups excluding carboxylic acids is 1. The smallest absolute Gasteiger partial charge is 0.290 e. The summed E-state index contributed by atoms with van der Waals surface area (Å²) in [6.45, 7) is 6.90. The van der Waals surface area contributed by atoms with Gasteiger partial charge in [-0.2, -0.15) is 5.26 Å². The second-order valence-electron chi connectivity index (χ2n) is 3.29. The summed E-state index contributed by atoms with van der Waals surface area (Å²) in [7, 11) is 0. The average molecular weight is 229 g/mol. The number of hydrogen-bond donors (Lipinski definition) is 2. The first-order valence-corrected chi connectivity index (χ1v) is 4.74. The molecule has 17 heavy (non-hydrogen) atoms. The zero-order valence-electron chi connectivity index (χ0n) is 9.05. The van der Waals surface area contributed by atoms with Gasteiger partial charge in [-0.15, -0.1) is 0 Å². The number of anilines is 2. The monoisotopic (exact) mass is 229 g/mol. The zero-order chi connectivity index (χ0) is 12.8. The van der Waals surface area contributed by atoms with Crippen LogP contribution >= 0.6 is 0 Å². The molecule has 1 aromatic rings. The highest BCUT2D eigenvalue weighted by atomic mass is 16.1. The summed E-state index contributed by atoms with van der Waals surface area (Å²) in [6, 6.07) is 6.61. The van der Waals surface area contributed by atoms with E-state index in [-0.39, 0.29) is 24.5 Å². The molecule has 1 rings (SSSR count). The van der Waals surface area contributed by atoms with E-state index in [9.17, 15) is 4.79 Å². The quantitative estimate of drug-likeness (QED) is 0.448.